The maximum Gasteiger partial charge on any atom is 0.239 e. The Labute approximate surface area is 287 Å². The molecular formula is C32H38O19. The summed E-state index contributed by atoms with van der Waals surface area (Å²) in [6, 6.07) is 7.35. The number of phenols is 2. The van der Waals surface area contributed by atoms with Crippen LogP contribution in [-0.4, -0.2) is 155 Å². The number of aliphatic hydroxyl groups excluding tert-OH is 9. The molecule has 19 nitrogen and oxygen atoms in total. The zero-order chi connectivity index (χ0) is 36.9. The molecule has 0 radical (unpaired) electrons. The van der Waals surface area contributed by atoms with Gasteiger partial charge < -0.3 is 89.0 Å². The van der Waals surface area contributed by atoms with Gasteiger partial charge in [0.2, 0.25) is 23.8 Å². The lowest BCUT2D eigenvalue weighted by atomic mass is 9.98. The zero-order valence-electron chi connectivity index (χ0n) is 26.6. The minimum Gasteiger partial charge on any atom is -0.508 e. The molecule has 0 aliphatic carbocycles. The van der Waals surface area contributed by atoms with Crippen LogP contribution in [0.1, 0.15) is 6.92 Å². The molecule has 3 aliphatic heterocycles. The van der Waals surface area contributed by atoms with Crippen LogP contribution in [0.2, 0.25) is 0 Å². The number of fused-ring (bicyclic) bond motifs is 1. The molecule has 1 aromatic heterocycles. The Morgan fingerprint density at radius 2 is 1.45 bits per heavy atom. The Balaban J connectivity index is 1.41. The van der Waals surface area contributed by atoms with Gasteiger partial charge in [0.25, 0.3) is 0 Å². The van der Waals surface area contributed by atoms with Crippen LogP contribution in [0, 0.1) is 0 Å². The summed E-state index contributed by atoms with van der Waals surface area (Å²) in [7, 11) is 0. The summed E-state index contributed by atoms with van der Waals surface area (Å²) in [6.45, 7) is 0.106. The van der Waals surface area contributed by atoms with E-state index in [4.69, 9.17) is 32.8 Å². The third kappa shape index (κ3) is 7.09. The first-order valence-electron chi connectivity index (χ1n) is 15.8. The molecule has 19 heteroatoms. The Hall–Kier alpha value is -3.67. The van der Waals surface area contributed by atoms with Crippen LogP contribution in [0.3, 0.4) is 0 Å². The van der Waals surface area contributed by atoms with Crippen molar-refractivity contribution in [3.8, 4) is 34.3 Å². The van der Waals surface area contributed by atoms with Crippen molar-refractivity contribution in [2.45, 2.75) is 92.9 Å². The Kier molecular flexibility index (Phi) is 10.7. The molecule has 2 aromatic carbocycles. The second-order valence-corrected chi connectivity index (χ2v) is 12.4. The predicted molar refractivity (Wildman–Crippen MR) is 165 cm³/mol. The fourth-order valence-corrected chi connectivity index (χ4v) is 5.95. The van der Waals surface area contributed by atoms with Crippen molar-refractivity contribution in [1.29, 1.82) is 0 Å². The second-order valence-electron chi connectivity index (χ2n) is 12.4. The molecule has 6 rings (SSSR count). The Morgan fingerprint density at radius 1 is 0.765 bits per heavy atom. The maximum atomic E-state index is 14.1. The lowest BCUT2D eigenvalue weighted by molar-refractivity contribution is -0.345. The molecule has 3 fully saturated rings. The van der Waals surface area contributed by atoms with Gasteiger partial charge in [0.15, 0.2) is 18.2 Å². The SMILES string of the molecule is C[C@@H]1O[C@@H](Oc2cc(O)c3c(=O)c(O[C@@H]4O[C@H](CO)[C@H](O)[C@H](O)[C@H]4O[C@@H]4OC[C@@H](O)[C@H](O)[C@H]4O)c(-c4ccc(O)cc4)oc3c2)[C@H](O)[C@H](O)[C@H]1O. The van der Waals surface area contributed by atoms with Crippen LogP contribution in [0.4, 0.5) is 0 Å². The summed E-state index contributed by atoms with van der Waals surface area (Å²) < 4.78 is 39.7. The van der Waals surface area contributed by atoms with Gasteiger partial charge in [-0.3, -0.25) is 4.79 Å². The van der Waals surface area contributed by atoms with Gasteiger partial charge in [-0.25, -0.2) is 0 Å². The van der Waals surface area contributed by atoms with Crippen molar-refractivity contribution in [1.82, 2.24) is 0 Å². The normalized spacial score (nSPS) is 37.3. The number of benzene rings is 2. The van der Waals surface area contributed by atoms with Crippen molar-refractivity contribution >= 4 is 11.0 Å². The highest BCUT2D eigenvalue weighted by Gasteiger charge is 2.50. The van der Waals surface area contributed by atoms with E-state index >= 15 is 0 Å². The molecule has 0 unspecified atom stereocenters. The van der Waals surface area contributed by atoms with Gasteiger partial charge in [-0.1, -0.05) is 0 Å². The van der Waals surface area contributed by atoms with E-state index in [-0.39, 0.29) is 28.4 Å². The molecule has 3 aliphatic rings. The van der Waals surface area contributed by atoms with Gasteiger partial charge in [-0.15, -0.1) is 0 Å². The molecule has 14 atom stereocenters. The molecule has 51 heavy (non-hydrogen) atoms. The molecular weight excluding hydrogens is 688 g/mol. The summed E-state index contributed by atoms with van der Waals surface area (Å²) in [5.74, 6) is -2.06. The number of hydrogen-bond donors (Lipinski definition) is 11. The summed E-state index contributed by atoms with van der Waals surface area (Å²) in [5, 5.41) is 113. The average Bonchev–Trinajstić information content (AvgIpc) is 3.10. The average molecular weight is 727 g/mol. The van der Waals surface area contributed by atoms with Gasteiger partial charge in [0, 0.05) is 17.7 Å². The fourth-order valence-electron chi connectivity index (χ4n) is 5.95. The number of ether oxygens (including phenoxy) is 6. The van der Waals surface area contributed by atoms with E-state index in [1.807, 2.05) is 0 Å². The van der Waals surface area contributed by atoms with Gasteiger partial charge in [-0.2, -0.15) is 0 Å². The van der Waals surface area contributed by atoms with E-state index in [0.29, 0.717) is 0 Å². The summed E-state index contributed by atoms with van der Waals surface area (Å²) >= 11 is 0. The first-order valence-corrected chi connectivity index (χ1v) is 15.8. The van der Waals surface area contributed by atoms with Crippen molar-refractivity contribution < 1.29 is 89.0 Å². The lowest BCUT2D eigenvalue weighted by Gasteiger charge is -2.44. The van der Waals surface area contributed by atoms with Gasteiger partial charge in [-0.05, 0) is 31.2 Å². The smallest absolute Gasteiger partial charge is 0.239 e. The molecule has 280 valence electrons. The maximum absolute atomic E-state index is 14.1. The lowest BCUT2D eigenvalue weighted by Crippen LogP contribution is -2.64. The van der Waals surface area contributed by atoms with Crippen molar-refractivity contribution in [2.24, 2.45) is 0 Å². The fraction of sp³-hybridized carbons (Fsp3) is 0.531. The summed E-state index contributed by atoms with van der Waals surface area (Å²) in [5.41, 5.74) is -1.20. The zero-order valence-corrected chi connectivity index (χ0v) is 26.6. The topological polar surface area (TPSA) is 308 Å². The van der Waals surface area contributed by atoms with Crippen LogP contribution < -0.4 is 14.9 Å². The third-order valence-electron chi connectivity index (χ3n) is 8.90. The van der Waals surface area contributed by atoms with E-state index in [9.17, 15) is 61.0 Å². The number of rotatable bonds is 8. The molecule has 3 aromatic rings. The van der Waals surface area contributed by atoms with Crippen LogP contribution in [0.5, 0.6) is 23.0 Å². The highest BCUT2D eigenvalue weighted by atomic mass is 16.8. The number of aromatic hydroxyl groups is 2. The number of aliphatic hydroxyl groups is 9. The van der Waals surface area contributed by atoms with E-state index in [0.717, 1.165) is 12.1 Å². The first kappa shape index (κ1) is 37.1. The summed E-state index contributed by atoms with van der Waals surface area (Å²) in [4.78, 5) is 14.1. The van der Waals surface area contributed by atoms with Crippen LogP contribution in [0.15, 0.2) is 45.6 Å². The molecule has 0 bridgehead atoms. The quantitative estimate of drug-likeness (QED) is 0.108. The van der Waals surface area contributed by atoms with Crippen LogP contribution in [-0.2, 0) is 18.9 Å². The molecule has 0 saturated carbocycles. The van der Waals surface area contributed by atoms with Crippen molar-refractivity contribution in [3.05, 3.63) is 46.6 Å². The Bertz CT molecular complexity index is 1730. The van der Waals surface area contributed by atoms with E-state index in [1.165, 1.54) is 31.2 Å². The van der Waals surface area contributed by atoms with Gasteiger partial charge >= 0.3 is 0 Å². The monoisotopic (exact) mass is 726 g/mol. The van der Waals surface area contributed by atoms with Crippen molar-refractivity contribution in [3.63, 3.8) is 0 Å². The highest BCUT2D eigenvalue weighted by Crippen LogP contribution is 2.39. The second kappa shape index (κ2) is 14.8. The molecule has 0 amide bonds. The van der Waals surface area contributed by atoms with E-state index in [1.54, 1.807) is 0 Å². The molecule has 3 saturated heterocycles. The standard InChI is InChI=1S/C32H38O19/c1-10-19(37)23(41)26(44)31(46-10)47-13-6-14(35)18-16(7-13)48-27(11-2-4-12(34)5-3-11)28(22(18)40)50-32-29(24(42)21(39)17(8-33)49-32)51-30-25(43)20(38)15(36)9-45-30/h2-7,10,15,17,19-21,23-26,29-39,41-44H,8-9H2,1H3/t10-,15+,17+,19-,20-,21-,23+,24-,25+,26+,29+,30-,31-,32-/m0/s1. The van der Waals surface area contributed by atoms with Crippen LogP contribution in [0.25, 0.3) is 22.3 Å². The van der Waals surface area contributed by atoms with Gasteiger partial charge in [0.1, 0.15) is 83.2 Å². The first-order chi connectivity index (χ1) is 24.2. The van der Waals surface area contributed by atoms with E-state index < -0.39 is 122 Å². The van der Waals surface area contributed by atoms with Crippen LogP contribution >= 0.6 is 0 Å². The van der Waals surface area contributed by atoms with Crippen molar-refractivity contribution in [2.75, 3.05) is 13.2 Å². The van der Waals surface area contributed by atoms with E-state index in [2.05, 4.69) is 0 Å². The number of hydrogen-bond acceptors (Lipinski definition) is 19. The minimum atomic E-state index is -1.92. The number of phenolic OH excluding ortho intramolecular Hbond substituents is 2. The molecule has 0 spiro atoms. The minimum absolute atomic E-state index is 0.125. The molecule has 11 N–H and O–H groups in total. The highest BCUT2D eigenvalue weighted by molar-refractivity contribution is 5.88. The third-order valence-corrected chi connectivity index (χ3v) is 8.90. The molecule has 4 heterocycles. The largest absolute Gasteiger partial charge is 0.508 e. The summed E-state index contributed by atoms with van der Waals surface area (Å²) in [6.07, 6.45) is -22.8. The predicted octanol–water partition coefficient (Wildman–Crippen LogP) is -3.28. The Morgan fingerprint density at radius 3 is 2.14 bits per heavy atom. The van der Waals surface area contributed by atoms with Gasteiger partial charge in [0.05, 0.1) is 19.3 Å².